The average molecular weight is 927 g/mol. The van der Waals surface area contributed by atoms with E-state index in [0.717, 1.165) is 56.8 Å². The summed E-state index contributed by atoms with van der Waals surface area (Å²) in [5, 5.41) is 46.8. The molecular weight excluding hydrogens is 845 g/mol. The average Bonchev–Trinajstić information content (AvgIpc) is 3.29. The molecule has 372 valence electrons. The van der Waals surface area contributed by atoms with Crippen molar-refractivity contribution in [3.05, 3.63) is 60.2 Å². The van der Waals surface area contributed by atoms with Gasteiger partial charge in [0, 0.05) is 44.0 Å². The van der Waals surface area contributed by atoms with E-state index in [9.17, 15) is 24.9 Å². The molecule has 15 nitrogen and oxygen atoms in total. The minimum Gasteiger partial charge on any atom is -0.459 e. The number of unbranched alkanes of at least 4 members (excludes halogenated alkanes) is 3. The van der Waals surface area contributed by atoms with Gasteiger partial charge in [0.05, 0.1) is 29.6 Å². The van der Waals surface area contributed by atoms with E-state index in [1.807, 2.05) is 82.2 Å². The number of esters is 1. The zero-order valence-corrected chi connectivity index (χ0v) is 41.5. The van der Waals surface area contributed by atoms with Crippen LogP contribution in [-0.4, -0.2) is 139 Å². The zero-order valence-electron chi connectivity index (χ0n) is 41.5. The van der Waals surface area contributed by atoms with Gasteiger partial charge in [-0.05, 0) is 117 Å². The molecule has 2 heterocycles. The van der Waals surface area contributed by atoms with Crippen molar-refractivity contribution in [2.75, 3.05) is 47.4 Å². The van der Waals surface area contributed by atoms with Crippen molar-refractivity contribution < 1.29 is 53.4 Å². The summed E-state index contributed by atoms with van der Waals surface area (Å²) in [6.07, 6.45) is -0.714. The second kappa shape index (κ2) is 26.3. The molecule has 2 saturated heterocycles. The first kappa shape index (κ1) is 55.1. The van der Waals surface area contributed by atoms with Crippen LogP contribution in [0, 0.1) is 23.7 Å². The highest BCUT2D eigenvalue weighted by Gasteiger charge is 2.51. The van der Waals surface area contributed by atoms with Crippen LogP contribution in [0.1, 0.15) is 106 Å². The summed E-state index contributed by atoms with van der Waals surface area (Å²) in [4.78, 5) is 35.7. The topological polar surface area (TPSA) is 190 Å². The maximum absolute atomic E-state index is 14.2. The molecule has 5 N–H and O–H groups in total. The number of para-hydroxylation sites is 1. The number of hydrogen-bond acceptors (Lipinski definition) is 15. The van der Waals surface area contributed by atoms with Gasteiger partial charge in [-0.2, -0.15) is 0 Å². The minimum absolute atomic E-state index is 0.177. The summed E-state index contributed by atoms with van der Waals surface area (Å²) in [7, 11) is 5.29. The number of aliphatic hydroxyl groups excluding tert-OH is 2. The molecule has 0 aliphatic carbocycles. The third-order valence-corrected chi connectivity index (χ3v) is 13.5. The predicted molar refractivity (Wildman–Crippen MR) is 255 cm³/mol. The number of nitrogens with one attached hydrogen (secondary N) is 2. The number of ketones is 1. The molecule has 0 aromatic heterocycles. The summed E-state index contributed by atoms with van der Waals surface area (Å²) in [5.74, 6) is -3.04. The monoisotopic (exact) mass is 927 g/mol. The summed E-state index contributed by atoms with van der Waals surface area (Å²) >= 11 is 0. The molecule has 0 radical (unpaired) electrons. The van der Waals surface area contributed by atoms with Crippen LogP contribution in [0.25, 0.3) is 0 Å². The fourth-order valence-electron chi connectivity index (χ4n) is 9.41. The Balaban J connectivity index is 1.38. The Morgan fingerprint density at radius 3 is 2.20 bits per heavy atom. The number of hydrogen-bond donors (Lipinski definition) is 5. The number of oxime groups is 1. The van der Waals surface area contributed by atoms with E-state index in [1.54, 1.807) is 20.8 Å². The first-order valence-electron chi connectivity index (χ1n) is 24.1. The SMILES string of the molecule is CC[C@H]1OC(=O)[C@H](C)C(=O)[C@H](C)[C@@H](O[C@@H]2O[C@H](C)C[C@H](N(C)C)[C@H]2O)[C@@](C)(OC)C[C@@H](C)C(=NOCCNCCCCCCNCc2cccc(Oc3ccccc3)c2)[C@H](C)[C@@H](O)[C@]1(C)O. The van der Waals surface area contributed by atoms with E-state index >= 15 is 0 Å². The molecule has 2 aliphatic rings. The third kappa shape index (κ3) is 15.2. The van der Waals surface area contributed by atoms with E-state index in [2.05, 4.69) is 27.9 Å². The highest BCUT2D eigenvalue weighted by atomic mass is 16.7. The standard InChI is InChI=1S/C51H82N4O11/c1-12-42-51(8,60)46(58)35(4)43(54-62-28-27-52-25-18-13-14-19-26-53-32-38-21-20-24-40(30-38)64-39-22-16-15-17-23-39)33(2)31-50(7,61-11)47(36(5)44(56)37(6)48(59)65-42)66-49-45(57)41(55(9)10)29-34(3)63-49/h15-17,20-24,30,33-37,41-42,45-47,49,52-53,57-58,60H,12-14,18-19,25-29,31-32H2,1-11H3/t33-,34-,35+,36+,37-,41+,42-,45-,46-,47-,49+,50+,51-/m1/s1. The van der Waals surface area contributed by atoms with Crippen molar-refractivity contribution in [3.63, 3.8) is 0 Å². The van der Waals surface area contributed by atoms with Gasteiger partial charge in [-0.1, -0.05) is 76.0 Å². The summed E-state index contributed by atoms with van der Waals surface area (Å²) < 4.78 is 30.9. The molecule has 2 fully saturated rings. The van der Waals surface area contributed by atoms with Crippen molar-refractivity contribution in [2.24, 2.45) is 28.8 Å². The molecule has 0 saturated carbocycles. The van der Waals surface area contributed by atoms with Crippen molar-refractivity contribution in [1.82, 2.24) is 15.5 Å². The van der Waals surface area contributed by atoms with Gasteiger partial charge < -0.3 is 59.4 Å². The van der Waals surface area contributed by atoms with E-state index in [1.165, 1.54) is 26.5 Å². The van der Waals surface area contributed by atoms with Gasteiger partial charge in [0.2, 0.25) is 0 Å². The van der Waals surface area contributed by atoms with Gasteiger partial charge in [0.1, 0.15) is 41.8 Å². The van der Waals surface area contributed by atoms with Crippen LogP contribution >= 0.6 is 0 Å². The maximum Gasteiger partial charge on any atom is 0.316 e. The lowest BCUT2D eigenvalue weighted by Gasteiger charge is -2.47. The lowest BCUT2D eigenvalue weighted by molar-refractivity contribution is -0.295. The van der Waals surface area contributed by atoms with E-state index in [0.29, 0.717) is 18.7 Å². The lowest BCUT2D eigenvalue weighted by Crippen LogP contribution is -2.60. The number of cyclic esters (lactones) is 1. The number of benzene rings is 2. The molecule has 13 atom stereocenters. The summed E-state index contributed by atoms with van der Waals surface area (Å²) in [6.45, 7) is 17.1. The maximum atomic E-state index is 14.2. The predicted octanol–water partition coefficient (Wildman–Crippen LogP) is 6.26. The number of rotatable bonds is 20. The van der Waals surface area contributed by atoms with Crippen LogP contribution in [0.3, 0.4) is 0 Å². The number of aliphatic hydroxyl groups is 3. The van der Waals surface area contributed by atoms with Crippen LogP contribution in [0.2, 0.25) is 0 Å². The molecule has 0 unspecified atom stereocenters. The lowest BCUT2D eigenvalue weighted by atomic mass is 9.74. The van der Waals surface area contributed by atoms with Gasteiger partial charge in [0.25, 0.3) is 0 Å². The first-order valence-corrected chi connectivity index (χ1v) is 24.1. The van der Waals surface area contributed by atoms with E-state index < -0.39 is 77.3 Å². The molecule has 0 bridgehead atoms. The van der Waals surface area contributed by atoms with Gasteiger partial charge >= 0.3 is 5.97 Å². The molecule has 2 aliphatic heterocycles. The summed E-state index contributed by atoms with van der Waals surface area (Å²) in [5.41, 5.74) is -1.50. The number of methoxy groups -OCH3 is 1. The van der Waals surface area contributed by atoms with Gasteiger partial charge in [-0.25, -0.2) is 0 Å². The Morgan fingerprint density at radius 2 is 1.55 bits per heavy atom. The first-order chi connectivity index (χ1) is 31.3. The van der Waals surface area contributed by atoms with Gasteiger partial charge in [-0.15, -0.1) is 0 Å². The molecule has 0 spiro atoms. The van der Waals surface area contributed by atoms with E-state index in [-0.39, 0.29) is 31.6 Å². The normalized spacial score (nSPS) is 33.4. The van der Waals surface area contributed by atoms with Crippen LogP contribution in [0.5, 0.6) is 11.5 Å². The van der Waals surface area contributed by atoms with Gasteiger partial charge in [-0.3, -0.25) is 9.59 Å². The quantitative estimate of drug-likeness (QED) is 0.0433. The Kier molecular flexibility index (Phi) is 22.0. The molecule has 4 rings (SSSR count). The smallest absolute Gasteiger partial charge is 0.316 e. The van der Waals surface area contributed by atoms with Crippen LogP contribution in [0.15, 0.2) is 59.8 Å². The zero-order chi connectivity index (χ0) is 48.6. The Morgan fingerprint density at radius 1 is 0.879 bits per heavy atom. The highest BCUT2D eigenvalue weighted by molar-refractivity contribution is 6.00. The number of likely N-dealkylation sites (N-methyl/N-ethyl adjacent to an activating group) is 1. The fourth-order valence-corrected chi connectivity index (χ4v) is 9.41. The van der Waals surface area contributed by atoms with Crippen LogP contribution in [-0.2, 0) is 39.9 Å². The van der Waals surface area contributed by atoms with Crippen molar-refractivity contribution >= 4 is 17.5 Å². The van der Waals surface area contributed by atoms with Crippen molar-refractivity contribution in [2.45, 2.75) is 161 Å². The van der Waals surface area contributed by atoms with Crippen LogP contribution < -0.4 is 15.4 Å². The van der Waals surface area contributed by atoms with E-state index in [4.69, 9.17) is 28.5 Å². The molecule has 2 aromatic carbocycles. The minimum atomic E-state index is -1.91. The van der Waals surface area contributed by atoms with Crippen molar-refractivity contribution in [3.8, 4) is 11.5 Å². The second-order valence-corrected chi connectivity index (χ2v) is 19.2. The Labute approximate surface area is 394 Å². The highest BCUT2D eigenvalue weighted by Crippen LogP contribution is 2.39. The number of carbonyl (C=O) groups excluding carboxylic acids is 2. The van der Waals surface area contributed by atoms with Crippen molar-refractivity contribution in [1.29, 1.82) is 0 Å². The molecular formula is C51H82N4O11. The number of ether oxygens (including phenoxy) is 5. The molecule has 66 heavy (non-hydrogen) atoms. The Bertz CT molecular complexity index is 1800. The molecule has 2 aromatic rings. The largest absolute Gasteiger partial charge is 0.459 e. The Hall–Kier alpha value is -3.51. The van der Waals surface area contributed by atoms with Crippen LogP contribution in [0.4, 0.5) is 0 Å². The molecule has 15 heteroatoms. The summed E-state index contributed by atoms with van der Waals surface area (Å²) in [6, 6.07) is 17.6. The second-order valence-electron chi connectivity index (χ2n) is 19.2. The number of carbonyl (C=O) groups is 2. The third-order valence-electron chi connectivity index (χ3n) is 13.5. The number of nitrogens with zero attached hydrogens (tertiary/aromatic N) is 2. The molecule has 0 amide bonds. The number of Topliss-reactive ketones (excluding diaryl/α,β-unsaturated/α-hetero) is 1. The van der Waals surface area contributed by atoms with Gasteiger partial charge in [0.15, 0.2) is 12.1 Å². The fraction of sp³-hybridized carbons (Fsp3) is 0.706.